The van der Waals surface area contributed by atoms with Gasteiger partial charge >= 0.3 is 12.1 Å². The smallest absolute Gasteiger partial charge is 0.435 e. The molecule has 8 nitrogen and oxygen atoms in total. The maximum Gasteiger partial charge on any atom is 0.435 e. The van der Waals surface area contributed by atoms with Gasteiger partial charge in [0, 0.05) is 13.2 Å². The van der Waals surface area contributed by atoms with Crippen molar-refractivity contribution in [3.05, 3.63) is 11.4 Å². The molecule has 1 heterocycles. The Morgan fingerprint density at radius 1 is 1.48 bits per heavy atom. The lowest BCUT2D eigenvalue weighted by atomic mass is 10.3. The van der Waals surface area contributed by atoms with Gasteiger partial charge in [0.05, 0.1) is 6.61 Å². The normalized spacial score (nSPS) is 13.0. The second-order valence-corrected chi connectivity index (χ2v) is 4.17. The summed E-state index contributed by atoms with van der Waals surface area (Å²) in [5.41, 5.74) is -2.83. The molecule has 0 aliphatic heterocycles. The van der Waals surface area contributed by atoms with Gasteiger partial charge in [-0.1, -0.05) is 5.21 Å². The molecule has 1 unspecified atom stereocenters. The Bertz CT molecular complexity index is 529. The number of carboxylic acid groups (broad SMARTS) is 1. The summed E-state index contributed by atoms with van der Waals surface area (Å²) in [6, 6.07) is -0.417. The second-order valence-electron chi connectivity index (χ2n) is 4.17. The number of carbonyl (C=O) groups is 2. The van der Waals surface area contributed by atoms with E-state index in [1.165, 1.54) is 7.11 Å². The highest BCUT2D eigenvalue weighted by Gasteiger charge is 2.41. The minimum absolute atomic E-state index is 0.176. The van der Waals surface area contributed by atoms with E-state index in [1.807, 2.05) is 0 Å². The molecule has 1 rings (SSSR count). The fourth-order valence-electron chi connectivity index (χ4n) is 1.60. The molecule has 2 N–H and O–H groups in total. The third-order valence-electron chi connectivity index (χ3n) is 2.32. The molecule has 0 aliphatic rings. The van der Waals surface area contributed by atoms with Gasteiger partial charge in [0.25, 0.3) is 0 Å². The van der Waals surface area contributed by atoms with E-state index < -0.39 is 42.0 Å². The van der Waals surface area contributed by atoms with Crippen molar-refractivity contribution in [2.45, 2.75) is 25.7 Å². The van der Waals surface area contributed by atoms with Gasteiger partial charge in [0.15, 0.2) is 5.69 Å². The van der Waals surface area contributed by atoms with Crippen LogP contribution in [0, 0.1) is 0 Å². The van der Waals surface area contributed by atoms with Crippen molar-refractivity contribution in [3.63, 3.8) is 0 Å². The first-order valence-electron chi connectivity index (χ1n) is 5.69. The summed E-state index contributed by atoms with van der Waals surface area (Å²) in [5, 5.41) is 17.0. The van der Waals surface area contributed by atoms with Gasteiger partial charge in [0.1, 0.15) is 6.54 Å². The molecule has 0 aromatic carbocycles. The quantitative estimate of drug-likeness (QED) is 0.774. The molecule has 0 fully saturated rings. The number of methoxy groups -OCH3 is 1. The molecular weight excluding hydrogens is 297 g/mol. The number of aromatic carboxylic acids is 1. The number of nitrogens with zero attached hydrogens (tertiary/aromatic N) is 3. The Kier molecular flexibility index (Phi) is 5.24. The first-order valence-corrected chi connectivity index (χ1v) is 5.69. The van der Waals surface area contributed by atoms with Crippen LogP contribution in [0.25, 0.3) is 0 Å². The number of amides is 1. The Morgan fingerprint density at radius 2 is 2.10 bits per heavy atom. The van der Waals surface area contributed by atoms with E-state index in [4.69, 9.17) is 9.84 Å². The standard InChI is InChI=1S/C10H13F3N4O4/c1-5(4-21-2)14-6(18)3-17-8(10(11,12)13)7(9(19)20)15-16-17/h5H,3-4H2,1-2H3,(H,14,18)(H,19,20). The first kappa shape index (κ1) is 16.9. The van der Waals surface area contributed by atoms with Crippen molar-refractivity contribution < 1.29 is 32.6 Å². The van der Waals surface area contributed by atoms with Crippen LogP contribution in [0.1, 0.15) is 23.1 Å². The average molecular weight is 310 g/mol. The number of carboxylic acids is 1. The third kappa shape index (κ3) is 4.41. The maximum absolute atomic E-state index is 12.8. The Labute approximate surface area is 116 Å². The van der Waals surface area contributed by atoms with E-state index in [-0.39, 0.29) is 11.3 Å². The monoisotopic (exact) mass is 310 g/mol. The van der Waals surface area contributed by atoms with Crippen LogP contribution in [-0.4, -0.2) is 51.7 Å². The second kappa shape index (κ2) is 6.52. The van der Waals surface area contributed by atoms with Crippen molar-refractivity contribution in [2.24, 2.45) is 0 Å². The Morgan fingerprint density at radius 3 is 2.57 bits per heavy atom. The van der Waals surface area contributed by atoms with Crippen LogP contribution in [0.2, 0.25) is 0 Å². The summed E-state index contributed by atoms with van der Waals surface area (Å²) < 4.78 is 43.4. The molecular formula is C10H13F3N4O4. The number of rotatable bonds is 6. The average Bonchev–Trinajstić information content (AvgIpc) is 2.72. The Balaban J connectivity index is 2.94. The van der Waals surface area contributed by atoms with E-state index in [1.54, 1.807) is 6.92 Å². The van der Waals surface area contributed by atoms with Crippen molar-refractivity contribution in [1.29, 1.82) is 0 Å². The summed E-state index contributed by atoms with van der Waals surface area (Å²) in [4.78, 5) is 22.3. The van der Waals surface area contributed by atoms with Gasteiger partial charge in [-0.05, 0) is 6.92 Å². The molecule has 1 aromatic rings. The number of carbonyl (C=O) groups excluding carboxylic acids is 1. The lowest BCUT2D eigenvalue weighted by Gasteiger charge is -2.14. The molecule has 0 radical (unpaired) electrons. The van der Waals surface area contributed by atoms with Crippen LogP contribution in [0.3, 0.4) is 0 Å². The summed E-state index contributed by atoms with van der Waals surface area (Å²) in [6.07, 6.45) is -4.99. The van der Waals surface area contributed by atoms with E-state index in [0.29, 0.717) is 0 Å². The topological polar surface area (TPSA) is 106 Å². The molecule has 1 aromatic heterocycles. The fraction of sp³-hybridized carbons (Fsp3) is 0.600. The lowest BCUT2D eigenvalue weighted by Crippen LogP contribution is -2.38. The number of hydrogen-bond acceptors (Lipinski definition) is 5. The molecule has 0 spiro atoms. The van der Waals surface area contributed by atoms with Crippen LogP contribution in [-0.2, 0) is 22.3 Å². The molecule has 0 aliphatic carbocycles. The van der Waals surface area contributed by atoms with Crippen molar-refractivity contribution in [3.8, 4) is 0 Å². The van der Waals surface area contributed by atoms with Crippen molar-refractivity contribution in [1.82, 2.24) is 20.3 Å². The molecule has 0 saturated heterocycles. The number of ether oxygens (including phenoxy) is 1. The van der Waals surface area contributed by atoms with Crippen LogP contribution in [0.15, 0.2) is 0 Å². The SMILES string of the molecule is COCC(C)NC(=O)Cn1nnc(C(=O)O)c1C(F)(F)F. The summed E-state index contributed by atoms with van der Waals surface area (Å²) in [7, 11) is 1.40. The molecule has 1 amide bonds. The molecule has 118 valence electrons. The third-order valence-corrected chi connectivity index (χ3v) is 2.32. The van der Waals surface area contributed by atoms with Gasteiger partial charge in [-0.15, -0.1) is 5.10 Å². The van der Waals surface area contributed by atoms with Gasteiger partial charge < -0.3 is 15.2 Å². The summed E-state index contributed by atoms with van der Waals surface area (Å²) in [6.45, 7) is 0.967. The number of halogens is 3. The highest BCUT2D eigenvalue weighted by atomic mass is 19.4. The molecule has 0 saturated carbocycles. The van der Waals surface area contributed by atoms with Gasteiger partial charge in [-0.3, -0.25) is 4.79 Å². The summed E-state index contributed by atoms with van der Waals surface area (Å²) >= 11 is 0. The first-order chi connectivity index (χ1) is 9.66. The zero-order chi connectivity index (χ0) is 16.2. The predicted molar refractivity (Wildman–Crippen MR) is 61.5 cm³/mol. The molecule has 1 atom stereocenters. The van der Waals surface area contributed by atoms with Crippen LogP contribution < -0.4 is 5.32 Å². The van der Waals surface area contributed by atoms with Crippen LogP contribution in [0.5, 0.6) is 0 Å². The summed E-state index contributed by atoms with van der Waals surface area (Å²) in [5.74, 6) is -2.64. The fourth-order valence-corrected chi connectivity index (χ4v) is 1.60. The van der Waals surface area contributed by atoms with E-state index in [0.717, 1.165) is 0 Å². The van der Waals surface area contributed by atoms with Crippen LogP contribution >= 0.6 is 0 Å². The van der Waals surface area contributed by atoms with E-state index in [9.17, 15) is 22.8 Å². The van der Waals surface area contributed by atoms with Gasteiger partial charge in [0.2, 0.25) is 11.6 Å². The van der Waals surface area contributed by atoms with Crippen molar-refractivity contribution in [2.75, 3.05) is 13.7 Å². The zero-order valence-electron chi connectivity index (χ0n) is 11.1. The molecule has 11 heteroatoms. The minimum atomic E-state index is -4.99. The number of alkyl halides is 3. The highest BCUT2D eigenvalue weighted by Crippen LogP contribution is 2.31. The predicted octanol–water partition coefficient (Wildman–Crippen LogP) is 0.146. The molecule has 21 heavy (non-hydrogen) atoms. The van der Waals surface area contributed by atoms with Gasteiger partial charge in [-0.2, -0.15) is 13.2 Å². The maximum atomic E-state index is 12.8. The molecule has 0 bridgehead atoms. The number of aromatic nitrogens is 3. The van der Waals surface area contributed by atoms with Crippen LogP contribution in [0.4, 0.5) is 13.2 Å². The number of hydrogen-bond donors (Lipinski definition) is 2. The highest BCUT2D eigenvalue weighted by molar-refractivity contribution is 5.87. The largest absolute Gasteiger partial charge is 0.476 e. The zero-order valence-corrected chi connectivity index (χ0v) is 11.1. The van der Waals surface area contributed by atoms with Crippen molar-refractivity contribution >= 4 is 11.9 Å². The van der Waals surface area contributed by atoms with E-state index in [2.05, 4.69) is 15.6 Å². The Hall–Kier alpha value is -2.17. The minimum Gasteiger partial charge on any atom is -0.476 e. The number of nitrogens with one attached hydrogen (secondary N) is 1. The lowest BCUT2D eigenvalue weighted by molar-refractivity contribution is -0.145. The van der Waals surface area contributed by atoms with E-state index >= 15 is 0 Å². The van der Waals surface area contributed by atoms with Gasteiger partial charge in [-0.25, -0.2) is 9.48 Å².